The van der Waals surface area contributed by atoms with Gasteiger partial charge in [-0.25, -0.2) is 0 Å². The Morgan fingerprint density at radius 3 is 2.38 bits per heavy atom. The van der Waals surface area contributed by atoms with E-state index < -0.39 is 0 Å². The highest BCUT2D eigenvalue weighted by molar-refractivity contribution is 7.80. The number of phenols is 1. The Labute approximate surface area is 234 Å². The van der Waals surface area contributed by atoms with E-state index in [1.165, 1.54) is 0 Å². The van der Waals surface area contributed by atoms with Gasteiger partial charge in [-0.15, -0.1) is 0 Å². The van der Waals surface area contributed by atoms with Gasteiger partial charge in [0.15, 0.2) is 5.11 Å². The number of nitrogens with zero attached hydrogens (tertiary/aromatic N) is 3. The molecule has 2 aromatic heterocycles. The first-order valence-corrected chi connectivity index (χ1v) is 13.5. The van der Waals surface area contributed by atoms with Gasteiger partial charge in [0.05, 0.1) is 17.8 Å². The average Bonchev–Trinajstić information content (AvgIpc) is 3.41. The van der Waals surface area contributed by atoms with Gasteiger partial charge in [0.1, 0.15) is 5.75 Å². The van der Waals surface area contributed by atoms with Gasteiger partial charge >= 0.3 is 0 Å². The zero-order valence-electron chi connectivity index (χ0n) is 22.8. The molecule has 2 aromatic carbocycles. The molecule has 200 valence electrons. The Kier molecular flexibility index (Phi) is 7.14. The zero-order valence-corrected chi connectivity index (χ0v) is 23.6. The molecule has 0 unspecified atom stereocenters. The number of benzene rings is 2. The van der Waals surface area contributed by atoms with Crippen LogP contribution < -0.4 is 15.5 Å². The number of aromatic nitrogens is 2. The largest absolute Gasteiger partial charge is 0.508 e. The topological polar surface area (TPSA) is 82.4 Å². The van der Waals surface area contributed by atoms with Crippen molar-refractivity contribution in [2.75, 3.05) is 10.2 Å². The number of rotatable bonds is 6. The van der Waals surface area contributed by atoms with Crippen LogP contribution in [-0.2, 0) is 4.79 Å². The molecule has 4 aromatic rings. The van der Waals surface area contributed by atoms with Crippen molar-refractivity contribution in [3.63, 3.8) is 0 Å². The van der Waals surface area contributed by atoms with Crippen LogP contribution in [0.15, 0.2) is 72.9 Å². The number of aryl methyl sites for hydroxylation is 2. The SMILES string of the molecule is Cc1cc(N2C(=S)N[C@H](c3ccccn3)[C@@H]2c2cc(C)n(-c3ccc(O)cc3)c2C)ccc1NC(=O)C(C)C. The second-order valence-electron chi connectivity index (χ2n) is 10.3. The monoisotopic (exact) mass is 539 g/mol. The van der Waals surface area contributed by atoms with Crippen LogP contribution in [0, 0.1) is 26.7 Å². The van der Waals surface area contributed by atoms with Crippen molar-refractivity contribution in [2.24, 2.45) is 5.92 Å². The Hall–Kier alpha value is -4.17. The standard InChI is InChI=1S/C31H33N5O2S/c1-18(2)30(38)33-26-14-11-23(16-19(26)3)36-29(28(34-31(36)39)27-8-6-7-15-32-27)25-17-20(4)35(21(25)5)22-9-12-24(37)13-10-22/h6-18,28-29,37H,1-5H3,(H,33,38)(H,34,39)/t28-,29+/m1/s1. The molecule has 3 N–H and O–H groups in total. The van der Waals surface area contributed by atoms with Crippen LogP contribution >= 0.6 is 12.2 Å². The minimum absolute atomic E-state index is 0.0148. The average molecular weight is 540 g/mol. The molecule has 0 spiro atoms. The van der Waals surface area contributed by atoms with E-state index in [-0.39, 0.29) is 29.7 Å². The molecule has 0 aliphatic carbocycles. The Balaban J connectivity index is 1.61. The summed E-state index contributed by atoms with van der Waals surface area (Å²) in [7, 11) is 0. The van der Waals surface area contributed by atoms with E-state index in [0.717, 1.165) is 45.3 Å². The predicted octanol–water partition coefficient (Wildman–Crippen LogP) is 6.27. The summed E-state index contributed by atoms with van der Waals surface area (Å²) >= 11 is 5.93. The van der Waals surface area contributed by atoms with E-state index in [0.29, 0.717) is 5.11 Å². The van der Waals surface area contributed by atoms with Gasteiger partial charge in [-0.05, 0) is 105 Å². The van der Waals surface area contributed by atoms with Crippen LogP contribution in [0.1, 0.15) is 54.1 Å². The molecule has 39 heavy (non-hydrogen) atoms. The molecule has 2 atom stereocenters. The van der Waals surface area contributed by atoms with Crippen LogP contribution in [0.5, 0.6) is 5.75 Å². The zero-order chi connectivity index (χ0) is 27.8. The summed E-state index contributed by atoms with van der Waals surface area (Å²) < 4.78 is 2.19. The lowest BCUT2D eigenvalue weighted by atomic mass is 9.96. The maximum Gasteiger partial charge on any atom is 0.226 e. The highest BCUT2D eigenvalue weighted by Gasteiger charge is 2.42. The number of phenolic OH excluding ortho intramolecular Hbond substituents is 1. The lowest BCUT2D eigenvalue weighted by Gasteiger charge is -2.29. The van der Waals surface area contributed by atoms with E-state index in [4.69, 9.17) is 12.2 Å². The van der Waals surface area contributed by atoms with Crippen LogP contribution in [0.25, 0.3) is 5.69 Å². The van der Waals surface area contributed by atoms with E-state index in [1.807, 2.05) is 63.2 Å². The van der Waals surface area contributed by atoms with Crippen molar-refractivity contribution >= 4 is 34.6 Å². The number of hydrogen-bond acceptors (Lipinski definition) is 4. The van der Waals surface area contributed by atoms with Crippen molar-refractivity contribution in [3.05, 3.63) is 101 Å². The van der Waals surface area contributed by atoms with Crippen LogP contribution in [0.2, 0.25) is 0 Å². The molecule has 1 amide bonds. The van der Waals surface area contributed by atoms with Crippen molar-refractivity contribution in [1.29, 1.82) is 0 Å². The molecule has 1 aliphatic heterocycles. The summed E-state index contributed by atoms with van der Waals surface area (Å²) in [5.74, 6) is 0.113. The minimum atomic E-state index is -0.173. The first kappa shape index (κ1) is 26.4. The number of pyridine rings is 1. The van der Waals surface area contributed by atoms with Gasteiger partial charge < -0.3 is 25.2 Å². The molecule has 0 radical (unpaired) electrons. The number of carbonyl (C=O) groups excluding carboxylic acids is 1. The van der Waals surface area contributed by atoms with Crippen LogP contribution in [0.4, 0.5) is 11.4 Å². The summed E-state index contributed by atoms with van der Waals surface area (Å²) in [5, 5.41) is 17.0. The number of amides is 1. The lowest BCUT2D eigenvalue weighted by Crippen LogP contribution is -2.29. The summed E-state index contributed by atoms with van der Waals surface area (Å²) in [6, 6.07) is 21.0. The van der Waals surface area contributed by atoms with Crippen molar-refractivity contribution < 1.29 is 9.90 Å². The third-order valence-electron chi connectivity index (χ3n) is 7.27. The molecular formula is C31H33N5O2S. The summed E-state index contributed by atoms with van der Waals surface area (Å²) in [6.07, 6.45) is 1.80. The highest BCUT2D eigenvalue weighted by Crippen LogP contribution is 2.44. The van der Waals surface area contributed by atoms with E-state index in [9.17, 15) is 9.90 Å². The molecule has 0 bridgehead atoms. The molecule has 7 nitrogen and oxygen atoms in total. The van der Waals surface area contributed by atoms with E-state index in [2.05, 4.69) is 51.1 Å². The Bertz CT molecular complexity index is 1530. The van der Waals surface area contributed by atoms with Gasteiger partial charge in [-0.1, -0.05) is 19.9 Å². The number of thiocarbonyl (C=S) groups is 1. The second-order valence-corrected chi connectivity index (χ2v) is 10.7. The Morgan fingerprint density at radius 2 is 1.74 bits per heavy atom. The molecule has 5 rings (SSSR count). The van der Waals surface area contributed by atoms with Crippen molar-refractivity contribution in [1.82, 2.24) is 14.9 Å². The molecular weight excluding hydrogens is 506 g/mol. The molecule has 1 saturated heterocycles. The summed E-state index contributed by atoms with van der Waals surface area (Å²) in [6.45, 7) is 9.95. The van der Waals surface area contributed by atoms with E-state index >= 15 is 0 Å². The fourth-order valence-corrected chi connectivity index (χ4v) is 5.60. The third kappa shape index (κ3) is 5.00. The van der Waals surface area contributed by atoms with Gasteiger partial charge in [-0.2, -0.15) is 0 Å². The fourth-order valence-electron chi connectivity index (χ4n) is 5.25. The highest BCUT2D eigenvalue weighted by atomic mass is 32.1. The molecule has 1 fully saturated rings. The summed E-state index contributed by atoms with van der Waals surface area (Å²) in [4.78, 5) is 19.2. The first-order valence-electron chi connectivity index (χ1n) is 13.1. The summed E-state index contributed by atoms with van der Waals surface area (Å²) in [5.41, 5.74) is 7.84. The number of anilines is 2. The molecule has 8 heteroatoms. The minimum Gasteiger partial charge on any atom is -0.508 e. The molecule has 3 heterocycles. The van der Waals surface area contributed by atoms with Gasteiger partial charge in [0.25, 0.3) is 0 Å². The number of hydrogen-bond donors (Lipinski definition) is 3. The fraction of sp³-hybridized carbons (Fsp3) is 0.258. The lowest BCUT2D eigenvalue weighted by molar-refractivity contribution is -0.118. The molecule has 1 aliphatic rings. The van der Waals surface area contributed by atoms with Crippen LogP contribution in [-0.4, -0.2) is 25.7 Å². The van der Waals surface area contributed by atoms with Gasteiger partial charge in [-0.3, -0.25) is 9.78 Å². The predicted molar refractivity (Wildman–Crippen MR) is 159 cm³/mol. The number of carbonyl (C=O) groups is 1. The maximum atomic E-state index is 12.3. The van der Waals surface area contributed by atoms with Crippen molar-refractivity contribution in [3.8, 4) is 11.4 Å². The van der Waals surface area contributed by atoms with E-state index in [1.54, 1.807) is 18.3 Å². The quantitative estimate of drug-likeness (QED) is 0.250. The van der Waals surface area contributed by atoms with Crippen molar-refractivity contribution in [2.45, 2.75) is 46.7 Å². The number of aromatic hydroxyl groups is 1. The second kappa shape index (κ2) is 10.5. The van der Waals surface area contributed by atoms with Crippen LogP contribution in [0.3, 0.4) is 0 Å². The van der Waals surface area contributed by atoms with Gasteiger partial charge in [0.2, 0.25) is 5.91 Å². The van der Waals surface area contributed by atoms with Gasteiger partial charge in [0, 0.05) is 40.6 Å². The normalized spacial score (nSPS) is 17.0. The third-order valence-corrected chi connectivity index (χ3v) is 7.58. The maximum absolute atomic E-state index is 12.3. The number of nitrogens with one attached hydrogen (secondary N) is 2. The first-order chi connectivity index (χ1) is 18.7. The Morgan fingerprint density at radius 1 is 1.03 bits per heavy atom. The smallest absolute Gasteiger partial charge is 0.226 e. The molecule has 0 saturated carbocycles.